The number of unbranched alkanes of at least 4 members (excludes halogenated alkanes) is 17. The highest BCUT2D eigenvalue weighted by Gasteiger charge is 2.02. The average molecular weight is 451 g/mol. The summed E-state index contributed by atoms with van der Waals surface area (Å²) in [6.07, 6.45) is 32.4. The molecule has 0 aromatic heterocycles. The van der Waals surface area contributed by atoms with Gasteiger partial charge in [0.05, 0.1) is 6.61 Å². The Morgan fingerprint density at radius 2 is 1.09 bits per heavy atom. The van der Waals surface area contributed by atoms with Gasteiger partial charge in [-0.2, -0.15) is 0 Å². The van der Waals surface area contributed by atoms with Gasteiger partial charge in [-0.05, 0) is 38.0 Å². The molecule has 0 aliphatic carbocycles. The van der Waals surface area contributed by atoms with Gasteiger partial charge in [-0.15, -0.1) is 0 Å². The van der Waals surface area contributed by atoms with Gasteiger partial charge in [0, 0.05) is 6.42 Å². The molecular formula is C30H58O2. The lowest BCUT2D eigenvalue weighted by atomic mass is 10.0. The normalized spacial score (nSPS) is 11.6. The van der Waals surface area contributed by atoms with Crippen LogP contribution >= 0.6 is 0 Å². The van der Waals surface area contributed by atoms with Crippen molar-refractivity contribution in [2.24, 2.45) is 5.92 Å². The Balaban J connectivity index is 3.18. The summed E-state index contributed by atoms with van der Waals surface area (Å²) < 4.78 is 5.39. The summed E-state index contributed by atoms with van der Waals surface area (Å²) in [5.41, 5.74) is 0. The molecule has 0 atom stereocenters. The fraction of sp³-hybridized carbons (Fsp3) is 0.900. The van der Waals surface area contributed by atoms with Crippen LogP contribution in [0.1, 0.15) is 162 Å². The Morgan fingerprint density at radius 1 is 0.625 bits per heavy atom. The summed E-state index contributed by atoms with van der Waals surface area (Å²) in [6.45, 7) is 7.51. The number of esters is 1. The Hall–Kier alpha value is -0.790. The molecule has 0 unspecified atom stereocenters. The molecule has 0 heterocycles. The topological polar surface area (TPSA) is 26.3 Å². The predicted octanol–water partition coefficient (Wildman–Crippen LogP) is 10.3. The summed E-state index contributed by atoms with van der Waals surface area (Å²) in [7, 11) is 0. The van der Waals surface area contributed by atoms with Gasteiger partial charge in [-0.1, -0.05) is 136 Å². The first-order chi connectivity index (χ1) is 15.7. The third-order valence-corrected chi connectivity index (χ3v) is 6.33. The maximum Gasteiger partial charge on any atom is 0.305 e. The van der Waals surface area contributed by atoms with E-state index in [9.17, 15) is 4.79 Å². The van der Waals surface area contributed by atoms with E-state index in [1.165, 1.54) is 116 Å². The molecule has 0 N–H and O–H groups in total. The van der Waals surface area contributed by atoms with Crippen LogP contribution in [0.5, 0.6) is 0 Å². The van der Waals surface area contributed by atoms with Crippen LogP contribution in [0, 0.1) is 5.92 Å². The van der Waals surface area contributed by atoms with Gasteiger partial charge in [0.1, 0.15) is 0 Å². The molecule has 0 aromatic carbocycles. The average Bonchev–Trinajstić information content (AvgIpc) is 2.77. The van der Waals surface area contributed by atoms with E-state index in [-0.39, 0.29) is 5.97 Å². The first-order valence-electron chi connectivity index (χ1n) is 14.5. The standard InChI is InChI=1S/C30H58O2/c1-4-5-6-7-8-9-11-15-18-21-24-27-30(31)32-28-25-22-19-16-13-10-12-14-17-20-23-26-29(2)3/h7-8,29H,4-6,9-28H2,1-3H3/b8-7-. The van der Waals surface area contributed by atoms with Gasteiger partial charge in [-0.3, -0.25) is 4.79 Å². The lowest BCUT2D eigenvalue weighted by Gasteiger charge is -2.06. The van der Waals surface area contributed by atoms with Crippen LogP contribution in [0.2, 0.25) is 0 Å². The monoisotopic (exact) mass is 450 g/mol. The second kappa shape index (κ2) is 26.5. The molecule has 0 fully saturated rings. The molecule has 0 bridgehead atoms. The summed E-state index contributed by atoms with van der Waals surface area (Å²) >= 11 is 0. The van der Waals surface area contributed by atoms with Gasteiger partial charge in [-0.25, -0.2) is 0 Å². The molecule has 0 saturated carbocycles. The summed E-state index contributed by atoms with van der Waals surface area (Å²) in [6, 6.07) is 0. The molecule has 0 aliphatic rings. The van der Waals surface area contributed by atoms with E-state index in [0.717, 1.165) is 25.2 Å². The lowest BCUT2D eigenvalue weighted by molar-refractivity contribution is -0.143. The molecule has 0 saturated heterocycles. The molecule has 0 aliphatic heterocycles. The molecule has 2 nitrogen and oxygen atoms in total. The van der Waals surface area contributed by atoms with Crippen LogP contribution in [-0.4, -0.2) is 12.6 Å². The molecule has 190 valence electrons. The number of allylic oxidation sites excluding steroid dienone is 2. The molecule has 0 spiro atoms. The van der Waals surface area contributed by atoms with Gasteiger partial charge >= 0.3 is 5.97 Å². The van der Waals surface area contributed by atoms with E-state index in [1.807, 2.05) is 0 Å². The van der Waals surface area contributed by atoms with Crippen LogP contribution in [0.3, 0.4) is 0 Å². The van der Waals surface area contributed by atoms with Crippen LogP contribution in [0.4, 0.5) is 0 Å². The van der Waals surface area contributed by atoms with E-state index in [0.29, 0.717) is 13.0 Å². The van der Waals surface area contributed by atoms with Crippen molar-refractivity contribution in [3.05, 3.63) is 12.2 Å². The molecule has 0 aromatic rings. The van der Waals surface area contributed by atoms with Crippen LogP contribution in [0.15, 0.2) is 12.2 Å². The SMILES string of the molecule is CCCC/C=C\CCCCCCCC(=O)OCCCCCCCCCCCCCC(C)C. The van der Waals surface area contributed by atoms with E-state index in [2.05, 4.69) is 32.9 Å². The highest BCUT2D eigenvalue weighted by molar-refractivity contribution is 5.69. The summed E-state index contributed by atoms with van der Waals surface area (Å²) in [5, 5.41) is 0. The largest absolute Gasteiger partial charge is 0.466 e. The van der Waals surface area contributed by atoms with Crippen LogP contribution < -0.4 is 0 Å². The summed E-state index contributed by atoms with van der Waals surface area (Å²) in [5.74, 6) is 0.878. The quantitative estimate of drug-likeness (QED) is 0.0785. The molecule has 0 rings (SSSR count). The third-order valence-electron chi connectivity index (χ3n) is 6.33. The van der Waals surface area contributed by atoms with Crippen molar-refractivity contribution in [1.29, 1.82) is 0 Å². The van der Waals surface area contributed by atoms with Crippen LogP contribution in [-0.2, 0) is 9.53 Å². The van der Waals surface area contributed by atoms with Crippen molar-refractivity contribution in [3.63, 3.8) is 0 Å². The van der Waals surface area contributed by atoms with Crippen LogP contribution in [0.25, 0.3) is 0 Å². The zero-order valence-corrected chi connectivity index (χ0v) is 22.3. The zero-order valence-electron chi connectivity index (χ0n) is 22.3. The zero-order chi connectivity index (χ0) is 23.5. The van der Waals surface area contributed by atoms with Gasteiger partial charge in [0.2, 0.25) is 0 Å². The molecule has 0 amide bonds. The van der Waals surface area contributed by atoms with Crippen molar-refractivity contribution in [2.75, 3.05) is 6.61 Å². The molecule has 0 radical (unpaired) electrons. The minimum Gasteiger partial charge on any atom is -0.466 e. The summed E-state index contributed by atoms with van der Waals surface area (Å²) in [4.78, 5) is 11.8. The highest BCUT2D eigenvalue weighted by atomic mass is 16.5. The second-order valence-corrected chi connectivity index (χ2v) is 10.2. The van der Waals surface area contributed by atoms with Gasteiger partial charge < -0.3 is 4.74 Å². The van der Waals surface area contributed by atoms with E-state index in [4.69, 9.17) is 4.74 Å². The van der Waals surface area contributed by atoms with Crippen molar-refractivity contribution >= 4 is 5.97 Å². The number of rotatable bonds is 25. The Labute approximate surface area is 202 Å². The third kappa shape index (κ3) is 27.2. The second-order valence-electron chi connectivity index (χ2n) is 10.2. The molecule has 2 heteroatoms. The lowest BCUT2D eigenvalue weighted by Crippen LogP contribution is -2.05. The van der Waals surface area contributed by atoms with Gasteiger partial charge in [0.25, 0.3) is 0 Å². The fourth-order valence-electron chi connectivity index (χ4n) is 4.12. The smallest absolute Gasteiger partial charge is 0.305 e. The van der Waals surface area contributed by atoms with Crippen molar-refractivity contribution in [3.8, 4) is 0 Å². The number of ether oxygens (including phenoxy) is 1. The van der Waals surface area contributed by atoms with Crippen molar-refractivity contribution in [1.82, 2.24) is 0 Å². The number of hydrogen-bond donors (Lipinski definition) is 0. The van der Waals surface area contributed by atoms with Crippen molar-refractivity contribution < 1.29 is 9.53 Å². The highest BCUT2D eigenvalue weighted by Crippen LogP contribution is 2.14. The first-order valence-corrected chi connectivity index (χ1v) is 14.5. The maximum absolute atomic E-state index is 11.8. The Morgan fingerprint density at radius 3 is 1.66 bits per heavy atom. The Kier molecular flexibility index (Phi) is 25.8. The Bertz CT molecular complexity index is 400. The molecular weight excluding hydrogens is 392 g/mol. The van der Waals surface area contributed by atoms with E-state index in [1.54, 1.807) is 0 Å². The minimum absolute atomic E-state index is 0.0113. The van der Waals surface area contributed by atoms with Crippen molar-refractivity contribution in [2.45, 2.75) is 162 Å². The predicted molar refractivity (Wildman–Crippen MR) is 142 cm³/mol. The van der Waals surface area contributed by atoms with Gasteiger partial charge in [0.15, 0.2) is 0 Å². The number of carbonyl (C=O) groups excluding carboxylic acids is 1. The van der Waals surface area contributed by atoms with E-state index < -0.39 is 0 Å². The number of carbonyl (C=O) groups is 1. The first kappa shape index (κ1) is 31.2. The minimum atomic E-state index is 0.0113. The number of hydrogen-bond acceptors (Lipinski definition) is 2. The van der Waals surface area contributed by atoms with E-state index >= 15 is 0 Å². The molecule has 32 heavy (non-hydrogen) atoms. The fourth-order valence-corrected chi connectivity index (χ4v) is 4.12. The maximum atomic E-state index is 11.8.